The smallest absolute Gasteiger partial charge is 0.266 e. The van der Waals surface area contributed by atoms with E-state index < -0.39 is 0 Å². The van der Waals surface area contributed by atoms with Gasteiger partial charge in [0, 0.05) is 7.05 Å². The molecule has 16 heavy (non-hydrogen) atoms. The molecule has 2 rings (SSSR count). The number of nitrogens with zero attached hydrogens (tertiary/aromatic N) is 1. The van der Waals surface area contributed by atoms with Gasteiger partial charge in [-0.05, 0) is 18.1 Å². The summed E-state index contributed by atoms with van der Waals surface area (Å²) >= 11 is 6.47. The molecule has 0 spiro atoms. The van der Waals surface area contributed by atoms with Crippen LogP contribution in [0.1, 0.15) is 12.5 Å². The predicted octanol–water partition coefficient (Wildman–Crippen LogP) is 2.91. The van der Waals surface area contributed by atoms with Crippen LogP contribution in [0.3, 0.4) is 0 Å². The monoisotopic (exact) mass is 249 g/mol. The van der Waals surface area contributed by atoms with Crippen molar-refractivity contribution in [2.45, 2.75) is 6.92 Å². The molecular formula is C12H11NOS2. The summed E-state index contributed by atoms with van der Waals surface area (Å²) in [5.41, 5.74) is 2.05. The Labute approximate surface area is 104 Å². The maximum absolute atomic E-state index is 11.9. The van der Waals surface area contributed by atoms with E-state index in [2.05, 4.69) is 0 Å². The first-order valence-corrected chi connectivity index (χ1v) is 6.10. The zero-order chi connectivity index (χ0) is 11.7. The predicted molar refractivity (Wildman–Crippen MR) is 72.0 cm³/mol. The molecule has 1 aromatic rings. The second-order valence-electron chi connectivity index (χ2n) is 3.55. The van der Waals surface area contributed by atoms with E-state index >= 15 is 0 Å². The molecular weight excluding hydrogens is 238 g/mol. The molecule has 4 heteroatoms. The second-order valence-corrected chi connectivity index (χ2v) is 5.20. The molecule has 1 fully saturated rings. The first kappa shape index (κ1) is 11.4. The van der Waals surface area contributed by atoms with Crippen LogP contribution < -0.4 is 0 Å². The Kier molecular flexibility index (Phi) is 3.12. The second kappa shape index (κ2) is 4.39. The first-order chi connectivity index (χ1) is 7.61. The molecule has 1 amide bonds. The van der Waals surface area contributed by atoms with Crippen molar-refractivity contribution in [3.05, 3.63) is 40.8 Å². The molecule has 1 aromatic carbocycles. The average molecular weight is 249 g/mol. The van der Waals surface area contributed by atoms with E-state index in [1.165, 1.54) is 16.7 Å². The largest absolute Gasteiger partial charge is 0.296 e. The molecule has 1 saturated heterocycles. The lowest BCUT2D eigenvalue weighted by molar-refractivity contribution is -0.121. The summed E-state index contributed by atoms with van der Waals surface area (Å²) < 4.78 is 0.621. The number of hydrogen-bond acceptors (Lipinski definition) is 3. The van der Waals surface area contributed by atoms with Crippen LogP contribution >= 0.6 is 24.0 Å². The highest BCUT2D eigenvalue weighted by molar-refractivity contribution is 8.26. The van der Waals surface area contributed by atoms with Crippen molar-refractivity contribution >= 4 is 39.8 Å². The highest BCUT2D eigenvalue weighted by atomic mass is 32.2. The summed E-state index contributed by atoms with van der Waals surface area (Å²) in [4.78, 5) is 14.1. The lowest BCUT2D eigenvalue weighted by atomic mass is 10.1. The molecule has 1 aliphatic rings. The summed E-state index contributed by atoms with van der Waals surface area (Å²) in [6.45, 7) is 1.96. The number of carbonyl (C=O) groups excluding carboxylic acids is 1. The fraction of sp³-hybridized carbons (Fsp3) is 0.167. The lowest BCUT2D eigenvalue weighted by Gasteiger charge is -2.05. The minimum Gasteiger partial charge on any atom is -0.296 e. The van der Waals surface area contributed by atoms with E-state index in [0.29, 0.717) is 4.32 Å². The fourth-order valence-electron chi connectivity index (χ4n) is 1.49. The van der Waals surface area contributed by atoms with Crippen molar-refractivity contribution in [1.82, 2.24) is 4.90 Å². The third-order valence-corrected chi connectivity index (χ3v) is 4.17. The van der Waals surface area contributed by atoms with Gasteiger partial charge in [-0.25, -0.2) is 0 Å². The maximum Gasteiger partial charge on any atom is 0.266 e. The Morgan fingerprint density at radius 3 is 2.44 bits per heavy atom. The number of carbonyl (C=O) groups is 1. The average Bonchev–Trinajstić information content (AvgIpc) is 2.57. The first-order valence-electron chi connectivity index (χ1n) is 4.87. The van der Waals surface area contributed by atoms with Crippen LogP contribution in [0, 0.1) is 0 Å². The number of likely N-dealkylation sites (N-methyl/N-ethyl adjacent to an activating group) is 1. The van der Waals surface area contributed by atoms with E-state index in [-0.39, 0.29) is 5.91 Å². The van der Waals surface area contributed by atoms with Crippen LogP contribution in [0.15, 0.2) is 35.2 Å². The molecule has 2 nitrogen and oxygen atoms in total. The highest BCUT2D eigenvalue weighted by Crippen LogP contribution is 2.35. The molecule has 0 bridgehead atoms. The molecule has 82 valence electrons. The topological polar surface area (TPSA) is 20.3 Å². The normalized spacial score (nSPS) is 19.2. The van der Waals surface area contributed by atoms with Gasteiger partial charge in [0.05, 0.1) is 4.91 Å². The van der Waals surface area contributed by atoms with Gasteiger partial charge in [0.25, 0.3) is 5.91 Å². The van der Waals surface area contributed by atoms with Gasteiger partial charge in [0.15, 0.2) is 0 Å². The Morgan fingerprint density at radius 1 is 1.31 bits per heavy atom. The number of thiocarbonyl (C=S) groups is 1. The van der Waals surface area contributed by atoms with Gasteiger partial charge in [-0.2, -0.15) is 0 Å². The number of allylic oxidation sites excluding steroid dienone is 1. The number of thioether (sulfide) groups is 1. The van der Waals surface area contributed by atoms with Gasteiger partial charge in [0.1, 0.15) is 4.32 Å². The standard InChI is InChI=1S/C12H11NOS2/c1-8(9-6-4-3-5-7-9)10-11(14)13(2)12(15)16-10/h3-7H,1-2H3. The van der Waals surface area contributed by atoms with E-state index in [4.69, 9.17) is 12.2 Å². The van der Waals surface area contributed by atoms with E-state index in [0.717, 1.165) is 16.0 Å². The maximum atomic E-state index is 11.9. The van der Waals surface area contributed by atoms with Crippen LogP contribution in [0.2, 0.25) is 0 Å². The molecule has 0 N–H and O–H groups in total. The number of hydrogen-bond donors (Lipinski definition) is 0. The van der Waals surface area contributed by atoms with Crippen LogP contribution in [0.25, 0.3) is 5.57 Å². The molecule has 1 aliphatic heterocycles. The molecule has 0 aromatic heterocycles. The third kappa shape index (κ3) is 1.90. The van der Waals surface area contributed by atoms with Gasteiger partial charge >= 0.3 is 0 Å². The fourth-order valence-corrected chi connectivity index (χ4v) is 2.71. The van der Waals surface area contributed by atoms with Crippen molar-refractivity contribution < 1.29 is 4.79 Å². The summed E-state index contributed by atoms with van der Waals surface area (Å²) in [5, 5.41) is 0. The lowest BCUT2D eigenvalue weighted by Crippen LogP contribution is -2.22. The Morgan fingerprint density at radius 2 is 1.94 bits per heavy atom. The minimum absolute atomic E-state index is 0.00338. The number of benzene rings is 1. The van der Waals surface area contributed by atoms with Crippen LogP contribution in [-0.4, -0.2) is 22.2 Å². The molecule has 0 saturated carbocycles. The number of amides is 1. The van der Waals surface area contributed by atoms with Gasteiger partial charge in [-0.1, -0.05) is 54.3 Å². The van der Waals surface area contributed by atoms with Gasteiger partial charge in [0.2, 0.25) is 0 Å². The Balaban J connectivity index is 2.44. The zero-order valence-electron chi connectivity index (χ0n) is 9.06. The Hall–Kier alpha value is -1.13. The van der Waals surface area contributed by atoms with E-state index in [9.17, 15) is 4.79 Å². The quantitative estimate of drug-likeness (QED) is 0.564. The summed E-state index contributed by atoms with van der Waals surface area (Å²) in [5.74, 6) is -0.00338. The molecule has 0 radical (unpaired) electrons. The van der Waals surface area contributed by atoms with Crippen molar-refractivity contribution in [1.29, 1.82) is 0 Å². The van der Waals surface area contributed by atoms with Crippen molar-refractivity contribution in [3.63, 3.8) is 0 Å². The van der Waals surface area contributed by atoms with E-state index in [1.54, 1.807) is 7.05 Å². The highest BCUT2D eigenvalue weighted by Gasteiger charge is 2.30. The molecule has 1 heterocycles. The zero-order valence-corrected chi connectivity index (χ0v) is 10.7. The van der Waals surface area contributed by atoms with Crippen LogP contribution in [-0.2, 0) is 4.79 Å². The number of rotatable bonds is 1. The van der Waals surface area contributed by atoms with Crippen molar-refractivity contribution in [2.24, 2.45) is 0 Å². The van der Waals surface area contributed by atoms with Gasteiger partial charge < -0.3 is 0 Å². The van der Waals surface area contributed by atoms with Gasteiger partial charge in [-0.15, -0.1) is 0 Å². The Bertz CT molecular complexity index is 479. The van der Waals surface area contributed by atoms with Crippen molar-refractivity contribution in [3.8, 4) is 0 Å². The summed E-state index contributed by atoms with van der Waals surface area (Å²) in [7, 11) is 1.71. The minimum atomic E-state index is -0.00338. The summed E-state index contributed by atoms with van der Waals surface area (Å²) in [6, 6.07) is 9.88. The molecule has 0 atom stereocenters. The third-order valence-electron chi connectivity index (χ3n) is 2.51. The summed E-state index contributed by atoms with van der Waals surface area (Å²) in [6.07, 6.45) is 0. The molecule has 0 aliphatic carbocycles. The SMILES string of the molecule is CC(=C1SC(=S)N(C)C1=O)c1ccccc1. The van der Waals surface area contributed by atoms with E-state index in [1.807, 2.05) is 37.3 Å². The molecule has 0 unspecified atom stereocenters. The van der Waals surface area contributed by atoms with Gasteiger partial charge in [-0.3, -0.25) is 9.69 Å². The van der Waals surface area contributed by atoms with Crippen LogP contribution in [0.5, 0.6) is 0 Å². The van der Waals surface area contributed by atoms with Crippen molar-refractivity contribution in [2.75, 3.05) is 7.05 Å². The van der Waals surface area contributed by atoms with Crippen LogP contribution in [0.4, 0.5) is 0 Å².